The van der Waals surface area contributed by atoms with Gasteiger partial charge in [0.1, 0.15) is 11.3 Å². The summed E-state index contributed by atoms with van der Waals surface area (Å²) in [6.45, 7) is 12.0. The predicted octanol–water partition coefficient (Wildman–Crippen LogP) is 6.04. The zero-order chi connectivity index (χ0) is 25.8. The third-order valence-electron chi connectivity index (χ3n) is 6.44. The summed E-state index contributed by atoms with van der Waals surface area (Å²) in [5, 5.41) is 0. The van der Waals surface area contributed by atoms with Crippen LogP contribution in [0, 0.1) is 19.8 Å². The lowest BCUT2D eigenvalue weighted by Gasteiger charge is -2.33. The number of benzene rings is 2. The molecule has 0 saturated carbocycles. The van der Waals surface area contributed by atoms with Gasteiger partial charge in [-0.25, -0.2) is 14.8 Å². The molecule has 1 atom stereocenters. The SMILES string of the molecule is CCc1nc2c(C)cc(C)nc2n1Cc1ccc(N(CC(C)C)C(C(=O)OC)c2ccccc2)cc1. The fourth-order valence-electron chi connectivity index (χ4n) is 4.80. The van der Waals surface area contributed by atoms with Crippen molar-refractivity contribution in [3.05, 3.63) is 88.9 Å². The number of aromatic nitrogens is 3. The van der Waals surface area contributed by atoms with E-state index in [1.807, 2.05) is 37.3 Å². The zero-order valence-corrected chi connectivity index (χ0v) is 22.2. The molecule has 4 rings (SSSR count). The molecule has 0 bridgehead atoms. The quantitative estimate of drug-likeness (QED) is 0.271. The molecule has 2 aromatic carbocycles. The number of aryl methyl sites for hydroxylation is 3. The van der Waals surface area contributed by atoms with E-state index in [1.165, 1.54) is 7.11 Å². The lowest BCUT2D eigenvalue weighted by molar-refractivity contribution is -0.142. The van der Waals surface area contributed by atoms with E-state index in [9.17, 15) is 4.79 Å². The van der Waals surface area contributed by atoms with E-state index in [0.717, 1.165) is 58.0 Å². The maximum atomic E-state index is 13.0. The molecule has 2 aromatic heterocycles. The molecule has 0 aliphatic heterocycles. The Morgan fingerprint density at radius 3 is 2.33 bits per heavy atom. The van der Waals surface area contributed by atoms with Crippen LogP contribution in [-0.2, 0) is 22.5 Å². The number of pyridine rings is 1. The Hall–Kier alpha value is -3.67. The molecule has 6 nitrogen and oxygen atoms in total. The van der Waals surface area contributed by atoms with Gasteiger partial charge in [0.2, 0.25) is 0 Å². The number of hydrogen-bond donors (Lipinski definition) is 0. The Morgan fingerprint density at radius 1 is 1.03 bits per heavy atom. The van der Waals surface area contributed by atoms with Crippen molar-refractivity contribution >= 4 is 22.8 Å². The van der Waals surface area contributed by atoms with Gasteiger partial charge >= 0.3 is 5.97 Å². The minimum absolute atomic E-state index is 0.264. The van der Waals surface area contributed by atoms with Crippen LogP contribution in [0.5, 0.6) is 0 Å². The van der Waals surface area contributed by atoms with Gasteiger partial charge in [-0.05, 0) is 54.7 Å². The van der Waals surface area contributed by atoms with E-state index < -0.39 is 6.04 Å². The standard InChI is InChI=1S/C30H36N4O2/c1-7-26-32-27-21(4)17-22(5)31-29(27)34(26)19-23-13-15-25(16-14-23)33(18-20(2)3)28(30(35)36-6)24-11-9-8-10-12-24/h8-17,20,28H,7,18-19H2,1-6H3. The second kappa shape index (κ2) is 10.9. The number of carbonyl (C=O) groups excluding carboxylic acids is 1. The molecule has 0 radical (unpaired) electrons. The number of methoxy groups -OCH3 is 1. The highest BCUT2D eigenvalue weighted by molar-refractivity contribution is 5.82. The van der Waals surface area contributed by atoms with Crippen molar-refractivity contribution in [2.45, 2.75) is 53.6 Å². The van der Waals surface area contributed by atoms with Crippen LogP contribution < -0.4 is 4.90 Å². The number of fused-ring (bicyclic) bond motifs is 1. The van der Waals surface area contributed by atoms with Gasteiger partial charge in [0.25, 0.3) is 0 Å². The van der Waals surface area contributed by atoms with Gasteiger partial charge in [0, 0.05) is 24.3 Å². The Labute approximate surface area is 213 Å². The molecule has 0 amide bonds. The Kier molecular flexibility index (Phi) is 7.73. The van der Waals surface area contributed by atoms with Crippen LogP contribution in [0.25, 0.3) is 11.2 Å². The van der Waals surface area contributed by atoms with Crippen molar-refractivity contribution in [2.24, 2.45) is 5.92 Å². The molecule has 0 fully saturated rings. The van der Waals surface area contributed by atoms with Gasteiger partial charge in [0.05, 0.1) is 13.7 Å². The minimum atomic E-state index is -0.510. The molecule has 0 saturated heterocycles. The lowest BCUT2D eigenvalue weighted by atomic mass is 10.0. The molecule has 0 N–H and O–H groups in total. The number of nitrogens with zero attached hydrogens (tertiary/aromatic N) is 4. The Bertz CT molecular complexity index is 1330. The van der Waals surface area contributed by atoms with Gasteiger partial charge in [-0.3, -0.25) is 0 Å². The number of anilines is 1. The van der Waals surface area contributed by atoms with Gasteiger partial charge in [-0.1, -0.05) is 63.2 Å². The third kappa shape index (κ3) is 5.27. The second-order valence-electron chi connectivity index (χ2n) is 9.77. The summed E-state index contributed by atoms with van der Waals surface area (Å²) in [5.74, 6) is 1.13. The summed E-state index contributed by atoms with van der Waals surface area (Å²) in [6.07, 6.45) is 0.840. The first kappa shape index (κ1) is 25.4. The summed E-state index contributed by atoms with van der Waals surface area (Å²) in [4.78, 5) is 24.8. The predicted molar refractivity (Wildman–Crippen MR) is 145 cm³/mol. The van der Waals surface area contributed by atoms with E-state index in [-0.39, 0.29) is 5.97 Å². The number of imidazole rings is 1. The van der Waals surface area contributed by atoms with Crippen molar-refractivity contribution in [1.82, 2.24) is 14.5 Å². The van der Waals surface area contributed by atoms with Crippen LogP contribution in [0.2, 0.25) is 0 Å². The maximum Gasteiger partial charge on any atom is 0.333 e. The highest BCUT2D eigenvalue weighted by atomic mass is 16.5. The van der Waals surface area contributed by atoms with Crippen molar-refractivity contribution < 1.29 is 9.53 Å². The zero-order valence-electron chi connectivity index (χ0n) is 22.2. The van der Waals surface area contributed by atoms with Gasteiger partial charge < -0.3 is 14.2 Å². The summed E-state index contributed by atoms with van der Waals surface area (Å²) < 4.78 is 7.45. The average molecular weight is 485 g/mol. The summed E-state index contributed by atoms with van der Waals surface area (Å²) >= 11 is 0. The van der Waals surface area contributed by atoms with Crippen molar-refractivity contribution in [3.8, 4) is 0 Å². The second-order valence-corrected chi connectivity index (χ2v) is 9.77. The largest absolute Gasteiger partial charge is 0.467 e. The van der Waals surface area contributed by atoms with Crippen LogP contribution in [-0.4, -0.2) is 34.2 Å². The fraction of sp³-hybridized carbons (Fsp3) is 0.367. The van der Waals surface area contributed by atoms with Gasteiger partial charge in [0.15, 0.2) is 11.7 Å². The monoisotopic (exact) mass is 484 g/mol. The minimum Gasteiger partial charge on any atom is -0.467 e. The smallest absolute Gasteiger partial charge is 0.333 e. The highest BCUT2D eigenvalue weighted by Crippen LogP contribution is 2.30. The molecule has 4 aromatic rings. The normalized spacial score (nSPS) is 12.2. The van der Waals surface area contributed by atoms with Crippen LogP contribution in [0.1, 0.15) is 55.0 Å². The van der Waals surface area contributed by atoms with Crippen molar-refractivity contribution in [2.75, 3.05) is 18.6 Å². The molecule has 36 heavy (non-hydrogen) atoms. The van der Waals surface area contributed by atoms with E-state index in [0.29, 0.717) is 12.5 Å². The van der Waals surface area contributed by atoms with Crippen LogP contribution in [0.15, 0.2) is 60.7 Å². The molecule has 0 aliphatic carbocycles. The first-order valence-corrected chi connectivity index (χ1v) is 12.6. The maximum absolute atomic E-state index is 13.0. The van der Waals surface area contributed by atoms with E-state index in [4.69, 9.17) is 14.7 Å². The molecule has 0 aliphatic rings. The Morgan fingerprint density at radius 2 is 1.72 bits per heavy atom. The Balaban J connectivity index is 1.69. The van der Waals surface area contributed by atoms with E-state index >= 15 is 0 Å². The molecule has 0 spiro atoms. The summed E-state index contributed by atoms with van der Waals surface area (Å²) in [6, 6.07) is 19.9. The molecular weight excluding hydrogens is 448 g/mol. The molecule has 6 heteroatoms. The van der Waals surface area contributed by atoms with Crippen LogP contribution in [0.3, 0.4) is 0 Å². The number of ether oxygens (including phenoxy) is 1. The first-order valence-electron chi connectivity index (χ1n) is 12.6. The fourth-order valence-corrected chi connectivity index (χ4v) is 4.80. The first-order chi connectivity index (χ1) is 17.3. The number of esters is 1. The topological polar surface area (TPSA) is 60.2 Å². The summed E-state index contributed by atoms with van der Waals surface area (Å²) in [7, 11) is 1.45. The highest BCUT2D eigenvalue weighted by Gasteiger charge is 2.29. The van der Waals surface area contributed by atoms with Crippen molar-refractivity contribution in [1.29, 1.82) is 0 Å². The van der Waals surface area contributed by atoms with Gasteiger partial charge in [-0.2, -0.15) is 0 Å². The molecule has 1 unspecified atom stereocenters. The van der Waals surface area contributed by atoms with Crippen LogP contribution >= 0.6 is 0 Å². The van der Waals surface area contributed by atoms with Crippen LogP contribution in [0.4, 0.5) is 5.69 Å². The van der Waals surface area contributed by atoms with E-state index in [2.05, 4.69) is 67.5 Å². The third-order valence-corrected chi connectivity index (χ3v) is 6.44. The average Bonchev–Trinajstić information content (AvgIpc) is 3.22. The number of hydrogen-bond acceptors (Lipinski definition) is 5. The number of rotatable bonds is 9. The molecule has 2 heterocycles. The molecule has 188 valence electrons. The molecular formula is C30H36N4O2. The van der Waals surface area contributed by atoms with Crippen molar-refractivity contribution in [3.63, 3.8) is 0 Å². The summed E-state index contributed by atoms with van der Waals surface area (Å²) in [5.41, 5.74) is 7.13. The van der Waals surface area contributed by atoms with Gasteiger partial charge in [-0.15, -0.1) is 0 Å². The number of carbonyl (C=O) groups is 1. The van der Waals surface area contributed by atoms with E-state index in [1.54, 1.807) is 0 Å². The lowest BCUT2D eigenvalue weighted by Crippen LogP contribution is -2.37.